The van der Waals surface area contributed by atoms with Crippen LogP contribution in [0.5, 0.6) is 11.5 Å². The third-order valence-electron chi connectivity index (χ3n) is 2.71. The normalized spacial score (nSPS) is 10.5. The first-order valence-corrected chi connectivity index (χ1v) is 6.15. The summed E-state index contributed by atoms with van der Waals surface area (Å²) in [6, 6.07) is 5.54. The molecule has 102 valence electrons. The van der Waals surface area contributed by atoms with Crippen LogP contribution in [-0.4, -0.2) is 25.7 Å². The summed E-state index contributed by atoms with van der Waals surface area (Å²) in [5.74, 6) is 1.98. The number of ether oxygens (including phenoxy) is 2. The van der Waals surface area contributed by atoms with Crippen LogP contribution in [-0.2, 0) is 6.54 Å². The fraction of sp³-hybridized carbons (Fsp3) is 0.357. The number of methoxy groups -OCH3 is 2. The van der Waals surface area contributed by atoms with E-state index in [9.17, 15) is 0 Å². The second-order valence-corrected chi connectivity index (χ2v) is 4.03. The molecule has 0 aliphatic rings. The van der Waals surface area contributed by atoms with Crippen LogP contribution >= 0.6 is 0 Å². The van der Waals surface area contributed by atoms with Gasteiger partial charge in [-0.05, 0) is 18.7 Å². The summed E-state index contributed by atoms with van der Waals surface area (Å²) in [5.41, 5.74) is 1.71. The Kier molecular flexibility index (Phi) is 4.41. The molecule has 0 saturated carbocycles. The first kappa shape index (κ1) is 13.4. The molecular formula is C14H18N2O3. The molecule has 0 atom stereocenters. The van der Waals surface area contributed by atoms with E-state index in [1.54, 1.807) is 20.5 Å². The van der Waals surface area contributed by atoms with Gasteiger partial charge in [0, 0.05) is 18.2 Å². The molecule has 0 bridgehead atoms. The second-order valence-electron chi connectivity index (χ2n) is 4.03. The minimum atomic E-state index is 0.560. The minimum absolute atomic E-state index is 0.560. The summed E-state index contributed by atoms with van der Waals surface area (Å²) in [5, 5.41) is 3.20. The quantitative estimate of drug-likeness (QED) is 0.866. The van der Waals surface area contributed by atoms with Crippen molar-refractivity contribution >= 4 is 0 Å². The molecule has 0 aliphatic heterocycles. The molecule has 1 aromatic heterocycles. The number of nitrogens with zero attached hydrogens (tertiary/aromatic N) is 1. The molecule has 2 aromatic rings. The highest BCUT2D eigenvalue weighted by Gasteiger charge is 2.10. The first-order chi connectivity index (χ1) is 9.26. The van der Waals surface area contributed by atoms with Crippen molar-refractivity contribution in [3.8, 4) is 23.0 Å². The molecule has 19 heavy (non-hydrogen) atoms. The fourth-order valence-corrected chi connectivity index (χ4v) is 1.70. The standard InChI is InChI=1S/C14H18N2O3/c1-4-15-8-11-9-19-14(16-11)10-5-12(17-2)7-13(6-10)18-3/h5-7,9,15H,4,8H2,1-3H3. The number of benzene rings is 1. The number of hydrogen-bond donors (Lipinski definition) is 1. The Labute approximate surface area is 112 Å². The molecule has 1 N–H and O–H groups in total. The monoisotopic (exact) mass is 262 g/mol. The topological polar surface area (TPSA) is 56.5 Å². The Bertz CT molecular complexity index is 515. The molecule has 1 aromatic carbocycles. The van der Waals surface area contributed by atoms with Gasteiger partial charge in [0.25, 0.3) is 0 Å². The van der Waals surface area contributed by atoms with E-state index in [2.05, 4.69) is 10.3 Å². The van der Waals surface area contributed by atoms with Crippen molar-refractivity contribution in [3.05, 3.63) is 30.2 Å². The molecule has 2 rings (SSSR count). The lowest BCUT2D eigenvalue weighted by molar-refractivity contribution is 0.394. The molecule has 5 heteroatoms. The molecule has 0 fully saturated rings. The lowest BCUT2D eigenvalue weighted by atomic mass is 10.2. The van der Waals surface area contributed by atoms with Gasteiger partial charge in [-0.2, -0.15) is 0 Å². The van der Waals surface area contributed by atoms with E-state index >= 15 is 0 Å². The summed E-state index contributed by atoms with van der Waals surface area (Å²) in [4.78, 5) is 4.43. The van der Waals surface area contributed by atoms with Crippen LogP contribution in [0.1, 0.15) is 12.6 Å². The number of oxazole rings is 1. The summed E-state index contributed by atoms with van der Waals surface area (Å²) in [6.45, 7) is 3.64. The Hall–Kier alpha value is -2.01. The van der Waals surface area contributed by atoms with Crippen LogP contribution in [0.25, 0.3) is 11.5 Å². The van der Waals surface area contributed by atoms with Gasteiger partial charge in [-0.25, -0.2) is 4.98 Å². The molecule has 5 nitrogen and oxygen atoms in total. The van der Waals surface area contributed by atoms with Gasteiger partial charge in [0.05, 0.1) is 19.9 Å². The predicted octanol–water partition coefficient (Wildman–Crippen LogP) is 2.47. The number of aromatic nitrogens is 1. The van der Waals surface area contributed by atoms with Gasteiger partial charge in [-0.1, -0.05) is 6.92 Å². The molecule has 0 radical (unpaired) electrons. The molecule has 0 spiro atoms. The molecular weight excluding hydrogens is 244 g/mol. The van der Waals surface area contributed by atoms with Crippen molar-refractivity contribution < 1.29 is 13.9 Å². The van der Waals surface area contributed by atoms with Crippen molar-refractivity contribution in [2.75, 3.05) is 20.8 Å². The maximum absolute atomic E-state index is 5.48. The van der Waals surface area contributed by atoms with Crippen LogP contribution in [0.2, 0.25) is 0 Å². The molecule has 0 unspecified atom stereocenters. The van der Waals surface area contributed by atoms with Crippen LogP contribution in [0, 0.1) is 0 Å². The zero-order valence-electron chi connectivity index (χ0n) is 11.4. The lowest BCUT2D eigenvalue weighted by Gasteiger charge is -2.06. The minimum Gasteiger partial charge on any atom is -0.497 e. The Morgan fingerprint density at radius 2 is 1.84 bits per heavy atom. The van der Waals surface area contributed by atoms with Gasteiger partial charge in [-0.15, -0.1) is 0 Å². The molecule has 0 aliphatic carbocycles. The average Bonchev–Trinajstić information content (AvgIpc) is 2.93. The highest BCUT2D eigenvalue weighted by molar-refractivity contribution is 5.59. The van der Waals surface area contributed by atoms with Crippen molar-refractivity contribution in [2.24, 2.45) is 0 Å². The zero-order chi connectivity index (χ0) is 13.7. The van der Waals surface area contributed by atoms with Crippen LogP contribution in [0.15, 0.2) is 28.9 Å². The molecule has 0 saturated heterocycles. The van der Waals surface area contributed by atoms with E-state index in [4.69, 9.17) is 13.9 Å². The van der Waals surface area contributed by atoms with Gasteiger partial charge in [0.1, 0.15) is 17.8 Å². The Morgan fingerprint density at radius 3 is 2.42 bits per heavy atom. The van der Waals surface area contributed by atoms with E-state index in [1.165, 1.54) is 0 Å². The third-order valence-corrected chi connectivity index (χ3v) is 2.71. The van der Waals surface area contributed by atoms with Crippen LogP contribution in [0.3, 0.4) is 0 Å². The zero-order valence-corrected chi connectivity index (χ0v) is 11.4. The van der Waals surface area contributed by atoms with Gasteiger partial charge < -0.3 is 19.2 Å². The average molecular weight is 262 g/mol. The van der Waals surface area contributed by atoms with Crippen LogP contribution < -0.4 is 14.8 Å². The number of hydrogen-bond acceptors (Lipinski definition) is 5. The van der Waals surface area contributed by atoms with E-state index < -0.39 is 0 Å². The van der Waals surface area contributed by atoms with E-state index in [0.29, 0.717) is 23.9 Å². The molecule has 0 amide bonds. The smallest absolute Gasteiger partial charge is 0.226 e. The van der Waals surface area contributed by atoms with Crippen molar-refractivity contribution in [1.29, 1.82) is 0 Å². The highest BCUT2D eigenvalue weighted by atomic mass is 16.5. The summed E-state index contributed by atoms with van der Waals surface area (Å²) >= 11 is 0. The Morgan fingerprint density at radius 1 is 1.16 bits per heavy atom. The maximum Gasteiger partial charge on any atom is 0.226 e. The summed E-state index contributed by atoms with van der Waals surface area (Å²) in [6.07, 6.45) is 1.66. The van der Waals surface area contributed by atoms with Crippen molar-refractivity contribution in [2.45, 2.75) is 13.5 Å². The highest BCUT2D eigenvalue weighted by Crippen LogP contribution is 2.29. The van der Waals surface area contributed by atoms with E-state index in [1.807, 2.05) is 25.1 Å². The third kappa shape index (κ3) is 3.26. The Balaban J connectivity index is 2.27. The SMILES string of the molecule is CCNCc1coc(-c2cc(OC)cc(OC)c2)n1. The maximum atomic E-state index is 5.48. The van der Waals surface area contributed by atoms with Gasteiger partial charge >= 0.3 is 0 Å². The van der Waals surface area contributed by atoms with Crippen LogP contribution in [0.4, 0.5) is 0 Å². The largest absolute Gasteiger partial charge is 0.497 e. The second kappa shape index (κ2) is 6.24. The van der Waals surface area contributed by atoms with Gasteiger partial charge in [0.2, 0.25) is 5.89 Å². The molecule has 1 heterocycles. The van der Waals surface area contributed by atoms with Gasteiger partial charge in [-0.3, -0.25) is 0 Å². The lowest BCUT2D eigenvalue weighted by Crippen LogP contribution is -2.11. The van der Waals surface area contributed by atoms with Crippen molar-refractivity contribution in [3.63, 3.8) is 0 Å². The summed E-state index contributed by atoms with van der Waals surface area (Å²) in [7, 11) is 3.23. The van der Waals surface area contributed by atoms with E-state index in [0.717, 1.165) is 17.8 Å². The fourth-order valence-electron chi connectivity index (χ4n) is 1.70. The first-order valence-electron chi connectivity index (χ1n) is 6.15. The number of nitrogens with one attached hydrogen (secondary N) is 1. The van der Waals surface area contributed by atoms with E-state index in [-0.39, 0.29) is 0 Å². The summed E-state index contributed by atoms with van der Waals surface area (Å²) < 4.78 is 15.9. The predicted molar refractivity (Wildman–Crippen MR) is 72.4 cm³/mol. The number of rotatable bonds is 6. The van der Waals surface area contributed by atoms with Gasteiger partial charge in [0.15, 0.2) is 0 Å². The van der Waals surface area contributed by atoms with Crippen molar-refractivity contribution in [1.82, 2.24) is 10.3 Å².